The van der Waals surface area contributed by atoms with E-state index in [1.54, 1.807) is 12.1 Å². The molecule has 4 rings (SSSR count). The first kappa shape index (κ1) is 18.2. The topological polar surface area (TPSA) is 32.3 Å². The van der Waals surface area contributed by atoms with E-state index in [1.807, 2.05) is 6.07 Å². The number of likely N-dealkylation sites (tertiary alicyclic amines) is 1. The number of hydrogen-bond donors (Lipinski definition) is 1. The summed E-state index contributed by atoms with van der Waals surface area (Å²) >= 11 is 0. The molecule has 1 saturated carbocycles. The highest BCUT2D eigenvalue weighted by molar-refractivity contribution is 5.79. The zero-order chi connectivity index (χ0) is 18.6. The number of benzene rings is 2. The van der Waals surface area contributed by atoms with E-state index in [9.17, 15) is 9.18 Å². The van der Waals surface area contributed by atoms with E-state index < -0.39 is 0 Å². The zero-order valence-corrected chi connectivity index (χ0v) is 15.6. The largest absolute Gasteiger partial charge is 0.349 e. The fourth-order valence-electron chi connectivity index (χ4n) is 4.10. The third-order valence-corrected chi connectivity index (χ3v) is 5.75. The molecule has 0 spiro atoms. The number of hydrogen-bond acceptors (Lipinski definition) is 2. The Morgan fingerprint density at radius 1 is 1.07 bits per heavy atom. The van der Waals surface area contributed by atoms with Crippen molar-refractivity contribution in [3.05, 3.63) is 71.5 Å². The van der Waals surface area contributed by atoms with Gasteiger partial charge >= 0.3 is 0 Å². The molecule has 1 aliphatic carbocycles. The van der Waals surface area contributed by atoms with E-state index in [0.29, 0.717) is 5.92 Å². The van der Waals surface area contributed by atoms with Crippen molar-refractivity contribution in [2.24, 2.45) is 11.8 Å². The van der Waals surface area contributed by atoms with Crippen LogP contribution in [0, 0.1) is 17.7 Å². The summed E-state index contributed by atoms with van der Waals surface area (Å²) in [6.07, 6.45) is 4.26. The van der Waals surface area contributed by atoms with E-state index in [0.717, 1.165) is 50.9 Å². The molecule has 2 aromatic carbocycles. The molecule has 0 radical (unpaired) electrons. The van der Waals surface area contributed by atoms with Gasteiger partial charge < -0.3 is 5.32 Å². The molecule has 3 nitrogen and oxygen atoms in total. The Morgan fingerprint density at radius 2 is 1.81 bits per heavy atom. The Balaban J connectivity index is 1.38. The fourth-order valence-corrected chi connectivity index (χ4v) is 4.10. The fraction of sp³-hybridized carbons (Fsp3) is 0.435. The number of carbonyl (C=O) groups is 1. The highest BCUT2D eigenvalue weighted by Gasteiger charge is 2.35. The molecular formula is C23H27FN2O. The van der Waals surface area contributed by atoms with Crippen LogP contribution in [-0.2, 0) is 11.3 Å². The van der Waals surface area contributed by atoms with Gasteiger partial charge in [-0.25, -0.2) is 4.39 Å². The maximum absolute atomic E-state index is 13.2. The van der Waals surface area contributed by atoms with Crippen molar-refractivity contribution in [3.8, 4) is 0 Å². The summed E-state index contributed by atoms with van der Waals surface area (Å²) in [5.74, 6) is 0.435. The Hall–Kier alpha value is -2.20. The van der Waals surface area contributed by atoms with Crippen molar-refractivity contribution in [2.45, 2.75) is 38.3 Å². The van der Waals surface area contributed by atoms with Crippen LogP contribution >= 0.6 is 0 Å². The van der Waals surface area contributed by atoms with Crippen LogP contribution in [0.15, 0.2) is 54.6 Å². The Morgan fingerprint density at radius 3 is 2.52 bits per heavy atom. The number of halogens is 1. The molecule has 2 unspecified atom stereocenters. The predicted molar refractivity (Wildman–Crippen MR) is 104 cm³/mol. The molecule has 27 heavy (non-hydrogen) atoms. The van der Waals surface area contributed by atoms with E-state index in [4.69, 9.17) is 0 Å². The van der Waals surface area contributed by atoms with Gasteiger partial charge in [0.1, 0.15) is 5.82 Å². The number of nitrogens with zero attached hydrogens (tertiary/aromatic N) is 1. The van der Waals surface area contributed by atoms with Gasteiger partial charge in [-0.1, -0.05) is 42.5 Å². The molecule has 2 fully saturated rings. The van der Waals surface area contributed by atoms with Crippen LogP contribution in [0.1, 0.15) is 42.9 Å². The maximum atomic E-state index is 13.2. The third kappa shape index (κ3) is 4.75. The van der Waals surface area contributed by atoms with Crippen molar-refractivity contribution < 1.29 is 9.18 Å². The average Bonchev–Trinajstić information content (AvgIpc) is 3.53. The van der Waals surface area contributed by atoms with Crippen molar-refractivity contribution in [1.29, 1.82) is 0 Å². The van der Waals surface area contributed by atoms with Crippen LogP contribution in [-0.4, -0.2) is 23.9 Å². The number of amides is 1. The van der Waals surface area contributed by atoms with Gasteiger partial charge in [0.15, 0.2) is 0 Å². The van der Waals surface area contributed by atoms with Crippen LogP contribution in [0.5, 0.6) is 0 Å². The van der Waals surface area contributed by atoms with Crippen molar-refractivity contribution in [2.75, 3.05) is 13.1 Å². The molecule has 0 aromatic heterocycles. The lowest BCUT2D eigenvalue weighted by Gasteiger charge is -2.33. The van der Waals surface area contributed by atoms with Gasteiger partial charge in [-0.15, -0.1) is 0 Å². The molecule has 2 aromatic rings. The van der Waals surface area contributed by atoms with Gasteiger partial charge in [0.25, 0.3) is 0 Å². The highest BCUT2D eigenvalue weighted by Crippen LogP contribution is 2.41. The Bertz CT molecular complexity index is 758. The zero-order valence-electron chi connectivity index (χ0n) is 15.6. The number of piperidine rings is 1. The Kier molecular flexibility index (Phi) is 5.53. The maximum Gasteiger partial charge on any atom is 0.224 e. The minimum atomic E-state index is -0.233. The third-order valence-electron chi connectivity index (χ3n) is 5.75. The molecule has 142 valence electrons. The molecule has 1 saturated heterocycles. The minimum absolute atomic E-state index is 0.0163. The molecule has 2 aliphatic rings. The molecule has 1 N–H and O–H groups in total. The summed E-state index contributed by atoms with van der Waals surface area (Å²) in [4.78, 5) is 15.3. The highest BCUT2D eigenvalue weighted by atomic mass is 19.1. The number of rotatable bonds is 6. The van der Waals surface area contributed by atoms with E-state index >= 15 is 0 Å². The quantitative estimate of drug-likeness (QED) is 0.826. The van der Waals surface area contributed by atoms with Gasteiger partial charge in [-0.3, -0.25) is 9.69 Å². The summed E-state index contributed by atoms with van der Waals surface area (Å²) < 4.78 is 13.2. The van der Waals surface area contributed by atoms with Gasteiger partial charge in [0, 0.05) is 13.1 Å². The molecule has 1 heterocycles. The van der Waals surface area contributed by atoms with E-state index in [2.05, 4.69) is 34.5 Å². The van der Waals surface area contributed by atoms with Gasteiger partial charge in [-0.05, 0) is 61.4 Å². The van der Waals surface area contributed by atoms with E-state index in [-0.39, 0.29) is 23.7 Å². The molecule has 4 heteroatoms. The van der Waals surface area contributed by atoms with Crippen LogP contribution < -0.4 is 5.32 Å². The molecule has 1 aliphatic heterocycles. The molecular weight excluding hydrogens is 339 g/mol. The SMILES string of the molecule is O=C(NC(c1ccc(F)cc1)C1CC1)C1CCCN(Cc2ccccc2)C1. The summed E-state index contributed by atoms with van der Waals surface area (Å²) in [6, 6.07) is 17.0. The minimum Gasteiger partial charge on any atom is -0.349 e. The summed E-state index contributed by atoms with van der Waals surface area (Å²) in [6.45, 7) is 2.75. The van der Waals surface area contributed by atoms with Crippen LogP contribution in [0.3, 0.4) is 0 Å². The van der Waals surface area contributed by atoms with Crippen molar-refractivity contribution in [1.82, 2.24) is 10.2 Å². The Labute approximate surface area is 160 Å². The first-order chi connectivity index (χ1) is 13.2. The lowest BCUT2D eigenvalue weighted by molar-refractivity contribution is -0.127. The van der Waals surface area contributed by atoms with Gasteiger partial charge in [-0.2, -0.15) is 0 Å². The molecule has 0 bridgehead atoms. The summed E-state index contributed by atoms with van der Waals surface area (Å²) in [5, 5.41) is 3.28. The van der Waals surface area contributed by atoms with Crippen LogP contribution in [0.2, 0.25) is 0 Å². The molecule has 2 atom stereocenters. The second-order valence-corrected chi connectivity index (χ2v) is 7.94. The average molecular weight is 366 g/mol. The summed E-state index contributed by atoms with van der Waals surface area (Å²) in [7, 11) is 0. The lowest BCUT2D eigenvalue weighted by atomic mass is 9.95. The first-order valence-electron chi connectivity index (χ1n) is 10.0. The van der Waals surface area contributed by atoms with E-state index in [1.165, 1.54) is 17.7 Å². The molecule has 1 amide bonds. The monoisotopic (exact) mass is 366 g/mol. The van der Waals surface area contributed by atoms with Gasteiger partial charge in [0.2, 0.25) is 5.91 Å². The number of carbonyl (C=O) groups excluding carboxylic acids is 1. The van der Waals surface area contributed by atoms with Gasteiger partial charge in [0.05, 0.1) is 12.0 Å². The van der Waals surface area contributed by atoms with Crippen LogP contribution in [0.25, 0.3) is 0 Å². The normalized spacial score (nSPS) is 21.6. The number of nitrogens with one attached hydrogen (secondary N) is 1. The standard InChI is InChI=1S/C23H27FN2O/c24-21-12-10-19(11-13-21)22(18-8-9-18)25-23(27)20-7-4-14-26(16-20)15-17-5-2-1-3-6-17/h1-3,5-6,10-13,18,20,22H,4,7-9,14-16H2,(H,25,27). The smallest absolute Gasteiger partial charge is 0.224 e. The van der Waals surface area contributed by atoms with Crippen molar-refractivity contribution in [3.63, 3.8) is 0 Å². The summed E-state index contributed by atoms with van der Waals surface area (Å²) in [5.41, 5.74) is 2.31. The lowest BCUT2D eigenvalue weighted by Crippen LogP contribution is -2.44. The van der Waals surface area contributed by atoms with Crippen LogP contribution in [0.4, 0.5) is 4.39 Å². The second kappa shape index (κ2) is 8.22. The second-order valence-electron chi connectivity index (χ2n) is 7.94. The predicted octanol–water partition coefficient (Wildman–Crippen LogP) is 4.31. The first-order valence-corrected chi connectivity index (χ1v) is 10.0. The van der Waals surface area contributed by atoms with Crippen molar-refractivity contribution >= 4 is 5.91 Å².